The van der Waals surface area contributed by atoms with Crippen molar-refractivity contribution in [3.05, 3.63) is 53.3 Å². The molecule has 9 nitrogen and oxygen atoms in total. The second-order valence-electron chi connectivity index (χ2n) is 7.89. The molecule has 1 fully saturated rings. The van der Waals surface area contributed by atoms with Gasteiger partial charge in [-0.3, -0.25) is 4.79 Å². The summed E-state index contributed by atoms with van der Waals surface area (Å²) in [6.45, 7) is 0.848. The number of carbonyl (C=O) groups excluding carboxylic acids is 2. The molecule has 2 heterocycles. The lowest BCUT2D eigenvalue weighted by atomic mass is 10.0. The molecule has 10 heteroatoms. The summed E-state index contributed by atoms with van der Waals surface area (Å²) in [5, 5.41) is 2.80. The van der Waals surface area contributed by atoms with E-state index in [9.17, 15) is 18.0 Å². The van der Waals surface area contributed by atoms with E-state index < -0.39 is 15.9 Å². The fourth-order valence-electron chi connectivity index (χ4n) is 4.15. The number of rotatable bonds is 4. The third-order valence-corrected chi connectivity index (χ3v) is 7.63. The van der Waals surface area contributed by atoms with Crippen molar-refractivity contribution in [3.8, 4) is 0 Å². The molecule has 3 amide bonds. The highest BCUT2D eigenvalue weighted by Crippen LogP contribution is 2.22. The van der Waals surface area contributed by atoms with Gasteiger partial charge in [-0.05, 0) is 48.9 Å². The smallest absolute Gasteiger partial charge is 0.317 e. The van der Waals surface area contributed by atoms with Crippen LogP contribution in [-0.2, 0) is 22.9 Å². The summed E-state index contributed by atoms with van der Waals surface area (Å²) in [5.41, 5.74) is 7.74. The Hall–Kier alpha value is -2.85. The number of piperazine rings is 1. The Morgan fingerprint density at radius 2 is 1.74 bits per heavy atom. The van der Waals surface area contributed by atoms with Gasteiger partial charge >= 0.3 is 6.03 Å². The average molecular weight is 447 g/mol. The van der Waals surface area contributed by atoms with Crippen molar-refractivity contribution in [2.24, 2.45) is 5.73 Å². The number of hydrogen-bond donors (Lipinski definition) is 2. The molecule has 0 saturated carbocycles. The van der Waals surface area contributed by atoms with Crippen molar-refractivity contribution in [1.82, 2.24) is 14.5 Å². The first-order valence-electron chi connectivity index (χ1n) is 10.4. The first kappa shape index (κ1) is 21.4. The van der Waals surface area contributed by atoms with E-state index in [0.717, 1.165) is 25.7 Å². The van der Waals surface area contributed by atoms with E-state index in [-0.39, 0.29) is 49.1 Å². The minimum Gasteiger partial charge on any atom is -0.438 e. The largest absolute Gasteiger partial charge is 0.438 e. The summed E-state index contributed by atoms with van der Waals surface area (Å²) in [6.07, 6.45) is 3.75. The monoisotopic (exact) mass is 446 g/mol. The quantitative estimate of drug-likeness (QED) is 0.686. The van der Waals surface area contributed by atoms with Gasteiger partial charge in [0.1, 0.15) is 0 Å². The number of hydrogen-bond acceptors (Lipinski definition) is 5. The fraction of sp³-hybridized carbons (Fsp3) is 0.429. The molecule has 1 atom stereocenters. The Morgan fingerprint density at radius 3 is 2.42 bits per heavy atom. The van der Waals surface area contributed by atoms with Crippen molar-refractivity contribution >= 4 is 22.0 Å². The van der Waals surface area contributed by atoms with Crippen LogP contribution in [0.3, 0.4) is 0 Å². The van der Waals surface area contributed by atoms with Crippen molar-refractivity contribution in [3.63, 3.8) is 0 Å². The molecule has 1 saturated heterocycles. The van der Waals surface area contributed by atoms with Crippen molar-refractivity contribution in [2.75, 3.05) is 26.2 Å². The number of primary amides is 1. The lowest BCUT2D eigenvalue weighted by Gasteiger charge is -2.34. The molecule has 1 unspecified atom stereocenters. The predicted octanol–water partition coefficient (Wildman–Crippen LogP) is 1.34. The minimum absolute atomic E-state index is 0.0632. The highest BCUT2D eigenvalue weighted by atomic mass is 32.2. The average Bonchev–Trinajstić information content (AvgIpc) is 3.18. The van der Waals surface area contributed by atoms with Crippen LogP contribution < -0.4 is 11.1 Å². The SMILES string of the molecule is NC(=O)c1ccc(S(=O)(=O)N2CCN(C(=O)NC3CCCc4ccccc4C3)CC2)o1. The van der Waals surface area contributed by atoms with E-state index in [0.29, 0.717) is 0 Å². The Labute approximate surface area is 181 Å². The molecule has 31 heavy (non-hydrogen) atoms. The van der Waals surface area contributed by atoms with Crippen molar-refractivity contribution < 1.29 is 22.4 Å². The normalized spacial score (nSPS) is 20.0. The first-order chi connectivity index (χ1) is 14.8. The van der Waals surface area contributed by atoms with Gasteiger partial charge in [0.2, 0.25) is 5.09 Å². The number of sulfonamides is 1. The summed E-state index contributed by atoms with van der Waals surface area (Å²) in [5.74, 6) is -1.04. The van der Waals surface area contributed by atoms with Crippen molar-refractivity contribution in [2.45, 2.75) is 36.8 Å². The molecule has 0 bridgehead atoms. The number of nitrogens with two attached hydrogens (primary N) is 1. The molecule has 2 aliphatic rings. The number of amides is 3. The van der Waals surface area contributed by atoms with Crippen LogP contribution in [-0.4, -0.2) is 61.8 Å². The number of nitrogens with zero attached hydrogens (tertiary/aromatic N) is 2. The Kier molecular flexibility index (Phi) is 6.01. The van der Waals surface area contributed by atoms with Gasteiger partial charge in [-0.15, -0.1) is 0 Å². The number of furan rings is 1. The first-order valence-corrected chi connectivity index (χ1v) is 11.8. The maximum atomic E-state index is 12.8. The minimum atomic E-state index is -3.89. The summed E-state index contributed by atoms with van der Waals surface area (Å²) >= 11 is 0. The van der Waals surface area contributed by atoms with Crippen LogP contribution in [0.2, 0.25) is 0 Å². The molecular weight excluding hydrogens is 420 g/mol. The van der Waals surface area contributed by atoms with Crippen LogP contribution in [0.15, 0.2) is 45.9 Å². The van der Waals surface area contributed by atoms with Crippen LogP contribution in [0.1, 0.15) is 34.5 Å². The third kappa shape index (κ3) is 4.59. The Bertz CT molecular complexity index is 1070. The van der Waals surface area contributed by atoms with E-state index in [1.807, 2.05) is 12.1 Å². The molecule has 1 aliphatic heterocycles. The maximum absolute atomic E-state index is 12.8. The zero-order chi connectivity index (χ0) is 22.0. The highest BCUT2D eigenvalue weighted by molar-refractivity contribution is 7.89. The number of benzene rings is 1. The number of fused-ring (bicyclic) bond motifs is 1. The van der Waals surface area contributed by atoms with E-state index in [2.05, 4.69) is 17.4 Å². The molecular formula is C21H26N4O5S. The van der Waals surface area contributed by atoms with Gasteiger partial charge in [-0.2, -0.15) is 4.31 Å². The van der Waals surface area contributed by atoms with Gasteiger partial charge < -0.3 is 20.4 Å². The van der Waals surface area contributed by atoms with Crippen LogP contribution in [0, 0.1) is 0 Å². The lowest BCUT2D eigenvalue weighted by molar-refractivity contribution is 0.0968. The second-order valence-corrected chi connectivity index (χ2v) is 9.75. The Balaban J connectivity index is 1.34. The fourth-order valence-corrected chi connectivity index (χ4v) is 5.48. The predicted molar refractivity (Wildman–Crippen MR) is 113 cm³/mol. The van der Waals surface area contributed by atoms with E-state index in [4.69, 9.17) is 10.2 Å². The van der Waals surface area contributed by atoms with Crippen LogP contribution in [0.4, 0.5) is 4.79 Å². The van der Waals surface area contributed by atoms with Crippen LogP contribution in [0.5, 0.6) is 0 Å². The molecule has 3 N–H and O–H groups in total. The summed E-state index contributed by atoms with van der Waals surface area (Å²) in [7, 11) is -3.89. The second kappa shape index (κ2) is 8.72. The molecule has 2 aromatic rings. The van der Waals surface area contributed by atoms with E-state index >= 15 is 0 Å². The molecule has 0 radical (unpaired) electrons. The molecule has 1 aromatic heterocycles. The van der Waals surface area contributed by atoms with Gasteiger partial charge in [0.15, 0.2) is 5.76 Å². The zero-order valence-corrected chi connectivity index (χ0v) is 17.9. The van der Waals surface area contributed by atoms with Gasteiger partial charge in [-0.1, -0.05) is 24.3 Å². The number of carbonyl (C=O) groups is 2. The summed E-state index contributed by atoms with van der Waals surface area (Å²) in [6, 6.07) is 10.7. The van der Waals surface area contributed by atoms with Gasteiger partial charge in [0.25, 0.3) is 15.9 Å². The van der Waals surface area contributed by atoms with Crippen LogP contribution >= 0.6 is 0 Å². The number of urea groups is 1. The molecule has 1 aromatic carbocycles. The Morgan fingerprint density at radius 1 is 1.03 bits per heavy atom. The zero-order valence-electron chi connectivity index (χ0n) is 17.1. The molecule has 1 aliphatic carbocycles. The van der Waals surface area contributed by atoms with Gasteiger partial charge in [0.05, 0.1) is 0 Å². The maximum Gasteiger partial charge on any atom is 0.317 e. The number of aryl methyl sites for hydroxylation is 1. The molecule has 0 spiro atoms. The molecule has 4 rings (SSSR count). The van der Waals surface area contributed by atoms with E-state index in [1.54, 1.807) is 4.90 Å². The van der Waals surface area contributed by atoms with Gasteiger partial charge in [0, 0.05) is 32.2 Å². The van der Waals surface area contributed by atoms with Crippen LogP contribution in [0.25, 0.3) is 0 Å². The third-order valence-electron chi connectivity index (χ3n) is 5.86. The number of nitrogens with one attached hydrogen (secondary N) is 1. The topological polar surface area (TPSA) is 126 Å². The van der Waals surface area contributed by atoms with E-state index in [1.165, 1.54) is 27.6 Å². The summed E-state index contributed by atoms with van der Waals surface area (Å²) < 4.78 is 31.8. The standard InChI is InChI=1S/C21H26N4O5S/c22-20(26)18-8-9-19(30-18)31(28,29)25-12-10-24(11-13-25)21(27)23-17-7-3-6-15-4-1-2-5-16(15)14-17/h1-2,4-5,8-9,17H,3,6-7,10-14H2,(H2,22,26)(H,23,27). The lowest BCUT2D eigenvalue weighted by Crippen LogP contribution is -2.54. The highest BCUT2D eigenvalue weighted by Gasteiger charge is 2.33. The molecule has 166 valence electrons. The van der Waals surface area contributed by atoms with Gasteiger partial charge in [-0.25, -0.2) is 13.2 Å². The summed E-state index contributed by atoms with van der Waals surface area (Å²) in [4.78, 5) is 25.6. The van der Waals surface area contributed by atoms with Crippen molar-refractivity contribution in [1.29, 1.82) is 0 Å².